The monoisotopic (exact) mass is 970 g/mol. The molecule has 68 heavy (non-hydrogen) atoms. The highest BCUT2D eigenvalue weighted by Crippen LogP contribution is 2.43. The first kappa shape index (κ1) is 47.5. The number of esters is 2. The Labute approximate surface area is 406 Å². The summed E-state index contributed by atoms with van der Waals surface area (Å²) in [4.78, 5) is 72.5. The molecule has 2 aliphatic heterocycles. The summed E-state index contributed by atoms with van der Waals surface area (Å²) in [5.41, 5.74) is 2.26. The number of methoxy groups -OCH3 is 1. The molecular formula is C51H47ClN6O8S2. The van der Waals surface area contributed by atoms with E-state index < -0.39 is 52.4 Å². The number of β-lactam (4-membered cyclic amide) rings is 1. The molecular weight excluding hydrogens is 924 g/mol. The number of rotatable bonds is 17. The van der Waals surface area contributed by atoms with Gasteiger partial charge in [0.2, 0.25) is 6.10 Å². The van der Waals surface area contributed by atoms with Gasteiger partial charge >= 0.3 is 11.9 Å². The molecule has 2 aliphatic rings. The Balaban J connectivity index is 1.12. The summed E-state index contributed by atoms with van der Waals surface area (Å²) < 4.78 is 16.6. The van der Waals surface area contributed by atoms with Crippen molar-refractivity contribution in [3.05, 3.63) is 190 Å². The van der Waals surface area contributed by atoms with E-state index in [0.29, 0.717) is 33.3 Å². The molecule has 4 aromatic carbocycles. The lowest BCUT2D eigenvalue weighted by atomic mass is 9.77. The quantitative estimate of drug-likeness (QED) is 0.0224. The second kappa shape index (κ2) is 20.9. The summed E-state index contributed by atoms with van der Waals surface area (Å²) in [5, 5.41) is 12.2. The van der Waals surface area contributed by atoms with Gasteiger partial charge in [-0.2, -0.15) is 0 Å². The number of ether oxygens (including phenoxy) is 3. The smallest absolute Gasteiger partial charge is 0.355 e. The van der Waals surface area contributed by atoms with Crippen LogP contribution in [-0.4, -0.2) is 80.1 Å². The first-order valence-electron chi connectivity index (χ1n) is 21.5. The number of pyridine rings is 1. The molecule has 348 valence electrons. The van der Waals surface area contributed by atoms with Gasteiger partial charge in [0.1, 0.15) is 46.3 Å². The van der Waals surface area contributed by atoms with Crippen LogP contribution < -0.4 is 15.4 Å². The topological polar surface area (TPSA) is 171 Å². The van der Waals surface area contributed by atoms with Crippen LogP contribution in [0.1, 0.15) is 60.4 Å². The van der Waals surface area contributed by atoms with Crippen LogP contribution in [0.25, 0.3) is 0 Å². The Morgan fingerprint density at radius 2 is 1.51 bits per heavy atom. The third-order valence-corrected chi connectivity index (χ3v) is 13.4. The van der Waals surface area contributed by atoms with E-state index in [4.69, 9.17) is 35.6 Å². The molecule has 2 amide bonds. The predicted molar refractivity (Wildman–Crippen MR) is 261 cm³/mol. The number of thiazole rings is 1. The molecule has 1 fully saturated rings. The molecule has 0 saturated carbocycles. The zero-order chi connectivity index (χ0) is 47.8. The van der Waals surface area contributed by atoms with Gasteiger partial charge in [0.25, 0.3) is 11.8 Å². The Hall–Kier alpha value is -7.01. The molecule has 14 nitrogen and oxygen atoms in total. The lowest BCUT2D eigenvalue weighted by Crippen LogP contribution is -2.71. The SMILES string of the molecule is COc1ccc(COC(=O)C2=C(CCl)CS[C@H]3[C@H](NC(=O)/C(=N\O[C@@H](C(=O)OC(C)(C)C)c4cccnc4)c4csc(NC(c5ccccc5)(c5ccccc5)c5ccccc5)n4)C(=O)N23)cc1. The predicted octanol–water partition coefficient (Wildman–Crippen LogP) is 8.39. The normalized spacial score (nSPS) is 16.5. The van der Waals surface area contributed by atoms with E-state index in [1.807, 2.05) is 91.0 Å². The van der Waals surface area contributed by atoms with E-state index in [-0.39, 0.29) is 29.6 Å². The van der Waals surface area contributed by atoms with Crippen molar-refractivity contribution < 1.29 is 38.2 Å². The summed E-state index contributed by atoms with van der Waals surface area (Å²) in [7, 11) is 1.56. The van der Waals surface area contributed by atoms with E-state index in [0.717, 1.165) is 16.7 Å². The average molecular weight is 972 g/mol. The maximum Gasteiger partial charge on any atom is 0.355 e. The number of aromatic nitrogens is 2. The van der Waals surface area contributed by atoms with Gasteiger partial charge in [-0.15, -0.1) is 34.7 Å². The van der Waals surface area contributed by atoms with Gasteiger partial charge in [0, 0.05) is 35.0 Å². The van der Waals surface area contributed by atoms with Crippen molar-refractivity contribution in [1.82, 2.24) is 20.2 Å². The number of nitrogens with one attached hydrogen (secondary N) is 2. The van der Waals surface area contributed by atoms with E-state index in [1.54, 1.807) is 75.9 Å². The van der Waals surface area contributed by atoms with E-state index >= 15 is 0 Å². The number of hydrogen-bond donors (Lipinski definition) is 2. The first-order valence-corrected chi connectivity index (χ1v) is 24.0. The fraction of sp³-hybridized carbons (Fsp3) is 0.235. The number of nitrogens with zero attached hydrogens (tertiary/aromatic N) is 4. The highest BCUT2D eigenvalue weighted by Gasteiger charge is 2.55. The van der Waals surface area contributed by atoms with Crippen molar-refractivity contribution >= 4 is 69.3 Å². The van der Waals surface area contributed by atoms with Gasteiger partial charge in [-0.3, -0.25) is 19.5 Å². The number of hydrogen-bond acceptors (Lipinski definition) is 14. The summed E-state index contributed by atoms with van der Waals surface area (Å²) >= 11 is 8.88. The number of carbonyl (C=O) groups is 4. The van der Waals surface area contributed by atoms with E-state index in [2.05, 4.69) is 20.8 Å². The standard InChI is InChI=1S/C51H47ClN6O8S2/c1-50(2,3)65-48(62)43(33-15-14-26-53-28-33)66-57-40(39-31-68-49(54-39)56-51(35-16-8-5-9-17-35,36-18-10-6-11-19-36)37-20-12-7-13-21-37)44(59)55-41-45(60)58-42(34(27-52)30-67-46(41)58)47(61)64-29-32-22-24-38(63-4)25-23-32/h5-26,28,31,41,43,46H,27,29-30H2,1-4H3,(H,54,56)(H,55,59)/b57-40-/t41-,43-,46+/m1/s1. The zero-order valence-corrected chi connectivity index (χ0v) is 39.8. The van der Waals surface area contributed by atoms with Gasteiger partial charge in [-0.1, -0.05) is 114 Å². The lowest BCUT2D eigenvalue weighted by Gasteiger charge is -2.49. The highest BCUT2D eigenvalue weighted by atomic mass is 35.5. The molecule has 8 rings (SSSR count). The Morgan fingerprint density at radius 1 is 0.882 bits per heavy atom. The number of benzene rings is 4. The molecule has 2 N–H and O–H groups in total. The van der Waals surface area contributed by atoms with Crippen molar-refractivity contribution in [2.45, 2.75) is 56.0 Å². The number of amides is 2. The fourth-order valence-electron chi connectivity index (χ4n) is 7.74. The Kier molecular flexibility index (Phi) is 14.6. The number of carbonyl (C=O) groups excluding carboxylic acids is 4. The Morgan fingerprint density at radius 3 is 2.07 bits per heavy atom. The van der Waals surface area contributed by atoms with Crippen LogP contribution in [0.3, 0.4) is 0 Å². The molecule has 4 heterocycles. The maximum atomic E-state index is 14.7. The van der Waals surface area contributed by atoms with E-state index in [9.17, 15) is 19.2 Å². The lowest BCUT2D eigenvalue weighted by molar-refractivity contribution is -0.169. The minimum absolute atomic E-state index is 0.0162. The molecule has 0 spiro atoms. The van der Waals surface area contributed by atoms with Crippen LogP contribution in [0.5, 0.6) is 5.75 Å². The van der Waals surface area contributed by atoms with E-state index in [1.165, 1.54) is 34.2 Å². The van der Waals surface area contributed by atoms with Gasteiger partial charge < -0.3 is 29.7 Å². The summed E-state index contributed by atoms with van der Waals surface area (Å²) in [6, 6.07) is 39.0. The highest BCUT2D eigenvalue weighted by molar-refractivity contribution is 8.00. The molecule has 0 unspecified atom stereocenters. The van der Waals surface area contributed by atoms with Crippen LogP contribution in [0, 0.1) is 0 Å². The summed E-state index contributed by atoms with van der Waals surface area (Å²) in [6.07, 6.45) is 1.54. The molecule has 0 aliphatic carbocycles. The molecule has 0 bridgehead atoms. The number of anilines is 1. The fourth-order valence-corrected chi connectivity index (χ4v) is 10.2. The number of halogens is 1. The number of thioether (sulfide) groups is 1. The molecule has 0 radical (unpaired) electrons. The summed E-state index contributed by atoms with van der Waals surface area (Å²) in [5.74, 6) is -1.95. The number of oxime groups is 1. The van der Waals surface area contributed by atoms with Gasteiger partial charge in [0.05, 0.1) is 7.11 Å². The van der Waals surface area contributed by atoms with Crippen LogP contribution in [-0.2, 0) is 45.6 Å². The van der Waals surface area contributed by atoms with Crippen molar-refractivity contribution in [2.24, 2.45) is 5.16 Å². The maximum absolute atomic E-state index is 14.7. The first-order chi connectivity index (χ1) is 32.9. The molecule has 17 heteroatoms. The third kappa shape index (κ3) is 10.3. The third-order valence-electron chi connectivity index (χ3n) is 11.0. The van der Waals surface area contributed by atoms with Crippen LogP contribution in [0.15, 0.2) is 162 Å². The summed E-state index contributed by atoms with van der Waals surface area (Å²) in [6.45, 7) is 5.10. The molecule has 3 atom stereocenters. The second-order valence-corrected chi connectivity index (χ2v) is 18.9. The van der Waals surface area contributed by atoms with Gasteiger partial charge in [-0.25, -0.2) is 14.6 Å². The van der Waals surface area contributed by atoms with Crippen molar-refractivity contribution in [3.63, 3.8) is 0 Å². The minimum atomic E-state index is -1.44. The Bertz CT molecular complexity index is 2710. The van der Waals surface area contributed by atoms with Crippen LogP contribution in [0.4, 0.5) is 5.13 Å². The molecule has 1 saturated heterocycles. The zero-order valence-electron chi connectivity index (χ0n) is 37.5. The van der Waals surface area contributed by atoms with Crippen molar-refractivity contribution in [2.75, 3.05) is 24.1 Å². The number of alkyl halides is 1. The van der Waals surface area contributed by atoms with Crippen molar-refractivity contribution in [3.8, 4) is 5.75 Å². The molecule has 2 aromatic heterocycles. The van der Waals surface area contributed by atoms with Crippen LogP contribution in [0.2, 0.25) is 0 Å². The van der Waals surface area contributed by atoms with Crippen molar-refractivity contribution in [1.29, 1.82) is 0 Å². The average Bonchev–Trinajstić information content (AvgIpc) is 3.83. The largest absolute Gasteiger partial charge is 0.497 e. The van der Waals surface area contributed by atoms with Gasteiger partial charge in [0.15, 0.2) is 10.8 Å². The van der Waals surface area contributed by atoms with Gasteiger partial charge in [-0.05, 0) is 66.8 Å². The minimum Gasteiger partial charge on any atom is -0.497 e. The number of fused-ring (bicyclic) bond motifs is 1. The molecule has 6 aromatic rings. The second-order valence-electron chi connectivity index (χ2n) is 16.6. The van der Waals surface area contributed by atoms with Crippen LogP contribution >= 0.6 is 34.7 Å².